The predicted molar refractivity (Wildman–Crippen MR) is 87.3 cm³/mol. The summed E-state index contributed by atoms with van der Waals surface area (Å²) in [6, 6.07) is 10.2. The van der Waals surface area contributed by atoms with E-state index in [0.717, 1.165) is 24.1 Å². The molecule has 1 amide bonds. The monoisotopic (exact) mass is 283 g/mol. The van der Waals surface area contributed by atoms with Crippen molar-refractivity contribution in [3.63, 3.8) is 0 Å². The molecule has 1 aliphatic carbocycles. The summed E-state index contributed by atoms with van der Waals surface area (Å²) in [4.78, 5) is 15.0. The third-order valence-corrected chi connectivity index (χ3v) is 5.85. The van der Waals surface area contributed by atoms with Crippen molar-refractivity contribution in [2.24, 2.45) is 5.41 Å². The van der Waals surface area contributed by atoms with Gasteiger partial charge in [0.05, 0.1) is 5.54 Å². The lowest BCUT2D eigenvalue weighted by Gasteiger charge is -2.51. The van der Waals surface area contributed by atoms with Crippen LogP contribution >= 0.6 is 0 Å². The van der Waals surface area contributed by atoms with Gasteiger partial charge in [-0.3, -0.25) is 4.79 Å². The van der Waals surface area contributed by atoms with Gasteiger partial charge >= 0.3 is 0 Å². The average molecular weight is 283 g/mol. The van der Waals surface area contributed by atoms with Crippen molar-refractivity contribution in [3.05, 3.63) is 42.5 Å². The number of rotatable bonds is 2. The Labute approximate surface area is 127 Å². The molecule has 1 heterocycles. The van der Waals surface area contributed by atoms with E-state index in [9.17, 15) is 4.79 Å². The predicted octanol–water partition coefficient (Wildman–Crippen LogP) is 4.71. The highest BCUT2D eigenvalue weighted by molar-refractivity contribution is 5.99. The van der Waals surface area contributed by atoms with E-state index in [0.29, 0.717) is 6.42 Å². The number of nitrogens with zero attached hydrogens (tertiary/aromatic N) is 1. The maximum atomic E-state index is 12.9. The molecule has 0 N–H and O–H groups in total. The molecule has 1 aromatic carbocycles. The van der Waals surface area contributed by atoms with Gasteiger partial charge in [-0.2, -0.15) is 0 Å². The quantitative estimate of drug-likeness (QED) is 0.720. The molecule has 21 heavy (non-hydrogen) atoms. The Morgan fingerprint density at radius 1 is 1.14 bits per heavy atom. The van der Waals surface area contributed by atoms with Gasteiger partial charge in [-0.05, 0) is 31.9 Å². The lowest BCUT2D eigenvalue weighted by molar-refractivity contribution is -0.117. The average Bonchev–Trinajstić information content (AvgIpc) is 2.69. The number of amides is 1. The molecular weight excluding hydrogens is 258 g/mol. The largest absolute Gasteiger partial charge is 0.305 e. The van der Waals surface area contributed by atoms with Crippen LogP contribution in [-0.4, -0.2) is 11.4 Å². The highest BCUT2D eigenvalue weighted by atomic mass is 16.2. The van der Waals surface area contributed by atoms with Gasteiger partial charge in [-0.1, -0.05) is 56.5 Å². The van der Waals surface area contributed by atoms with E-state index < -0.39 is 0 Å². The Kier molecular flexibility index (Phi) is 3.43. The zero-order chi connectivity index (χ0) is 15.1. The van der Waals surface area contributed by atoms with Gasteiger partial charge in [0, 0.05) is 17.5 Å². The second kappa shape index (κ2) is 5.01. The maximum absolute atomic E-state index is 12.9. The second-order valence-electron chi connectivity index (χ2n) is 6.95. The van der Waals surface area contributed by atoms with Gasteiger partial charge in [-0.15, -0.1) is 0 Å². The molecule has 112 valence electrons. The molecule has 1 aromatic rings. The third-order valence-electron chi connectivity index (χ3n) is 5.85. The number of hydrogen-bond acceptors (Lipinski definition) is 1. The maximum Gasteiger partial charge on any atom is 0.228 e. The third kappa shape index (κ3) is 1.96. The molecule has 0 aromatic heterocycles. The van der Waals surface area contributed by atoms with Gasteiger partial charge in [0.1, 0.15) is 0 Å². The highest BCUT2D eigenvalue weighted by Gasteiger charge is 2.60. The van der Waals surface area contributed by atoms with Crippen LogP contribution in [0.3, 0.4) is 0 Å². The Morgan fingerprint density at radius 2 is 1.76 bits per heavy atom. The van der Waals surface area contributed by atoms with Gasteiger partial charge in [0.2, 0.25) is 5.91 Å². The highest BCUT2D eigenvalue weighted by Crippen LogP contribution is 2.57. The first kappa shape index (κ1) is 14.4. The normalized spacial score (nSPS) is 28.1. The molecule has 2 fully saturated rings. The fraction of sp³-hybridized carbons (Fsp3) is 0.526. The van der Waals surface area contributed by atoms with E-state index in [4.69, 9.17) is 0 Å². The van der Waals surface area contributed by atoms with Crippen molar-refractivity contribution in [3.8, 4) is 0 Å². The van der Waals surface area contributed by atoms with Crippen LogP contribution in [0.25, 0.3) is 0 Å². The summed E-state index contributed by atoms with van der Waals surface area (Å²) < 4.78 is 0. The molecule has 2 aliphatic rings. The minimum atomic E-state index is -0.111. The summed E-state index contributed by atoms with van der Waals surface area (Å²) in [5.74, 6) is 0.258. The zero-order valence-electron chi connectivity index (χ0n) is 13.2. The summed E-state index contributed by atoms with van der Waals surface area (Å²) in [6.45, 7) is 8.59. The van der Waals surface area contributed by atoms with Gasteiger partial charge in [0.15, 0.2) is 0 Å². The summed E-state index contributed by atoms with van der Waals surface area (Å²) in [5.41, 5.74) is 2.01. The van der Waals surface area contributed by atoms with E-state index in [1.54, 1.807) is 0 Å². The van der Waals surface area contributed by atoms with Crippen molar-refractivity contribution in [2.45, 2.75) is 57.9 Å². The standard InChI is InChI=1S/C19H25NO/c1-15(2)18(3)14-17(21)20(16-10-6-4-7-11-16)19(18)12-8-5-9-13-19/h4,6-7,10-11H,1,5,8-9,12-14H2,2-3H3. The first-order valence-corrected chi connectivity index (χ1v) is 8.05. The lowest BCUT2D eigenvalue weighted by atomic mass is 9.61. The van der Waals surface area contributed by atoms with Crippen molar-refractivity contribution in [1.29, 1.82) is 0 Å². The summed E-state index contributed by atoms with van der Waals surface area (Å²) in [7, 11) is 0. The Hall–Kier alpha value is -1.57. The van der Waals surface area contributed by atoms with Crippen LogP contribution in [0.15, 0.2) is 42.5 Å². The number of para-hydroxylation sites is 1. The molecule has 1 saturated heterocycles. The van der Waals surface area contributed by atoms with E-state index in [1.165, 1.54) is 19.3 Å². The fourth-order valence-corrected chi connectivity index (χ4v) is 4.46. The zero-order valence-corrected chi connectivity index (χ0v) is 13.2. The Balaban J connectivity index is 2.14. The molecular formula is C19H25NO. The summed E-state index contributed by atoms with van der Waals surface area (Å²) >= 11 is 0. The van der Waals surface area contributed by atoms with E-state index in [2.05, 4.69) is 37.5 Å². The van der Waals surface area contributed by atoms with E-state index in [-0.39, 0.29) is 16.9 Å². The smallest absolute Gasteiger partial charge is 0.228 e. The molecule has 1 spiro atoms. The Morgan fingerprint density at radius 3 is 2.33 bits per heavy atom. The SMILES string of the molecule is C=C(C)C1(C)CC(=O)N(c2ccccc2)C12CCCCC2. The molecule has 0 bridgehead atoms. The van der Waals surface area contributed by atoms with Crippen LogP contribution in [0.2, 0.25) is 0 Å². The molecule has 1 atom stereocenters. The van der Waals surface area contributed by atoms with Crippen molar-refractivity contribution >= 4 is 11.6 Å². The van der Waals surface area contributed by atoms with Gasteiger partial charge < -0.3 is 4.90 Å². The van der Waals surface area contributed by atoms with Crippen LogP contribution < -0.4 is 4.90 Å². The van der Waals surface area contributed by atoms with Crippen LogP contribution in [-0.2, 0) is 4.79 Å². The number of benzene rings is 1. The number of carbonyl (C=O) groups excluding carboxylic acids is 1. The molecule has 1 aliphatic heterocycles. The second-order valence-corrected chi connectivity index (χ2v) is 6.95. The fourth-order valence-electron chi connectivity index (χ4n) is 4.46. The van der Waals surface area contributed by atoms with Crippen LogP contribution in [0.5, 0.6) is 0 Å². The number of carbonyl (C=O) groups is 1. The minimum Gasteiger partial charge on any atom is -0.305 e. The van der Waals surface area contributed by atoms with Crippen LogP contribution in [0.4, 0.5) is 5.69 Å². The molecule has 0 radical (unpaired) electrons. The van der Waals surface area contributed by atoms with Gasteiger partial charge in [0.25, 0.3) is 0 Å². The van der Waals surface area contributed by atoms with Crippen molar-refractivity contribution < 1.29 is 4.79 Å². The molecule has 2 heteroatoms. The first-order chi connectivity index (χ1) is 10.0. The minimum absolute atomic E-state index is 0.0739. The molecule has 2 nitrogen and oxygen atoms in total. The molecule has 1 saturated carbocycles. The summed E-state index contributed by atoms with van der Waals surface area (Å²) in [6.07, 6.45) is 6.48. The number of anilines is 1. The molecule has 3 rings (SSSR count). The topological polar surface area (TPSA) is 20.3 Å². The van der Waals surface area contributed by atoms with Crippen molar-refractivity contribution in [2.75, 3.05) is 4.90 Å². The lowest BCUT2D eigenvalue weighted by Crippen LogP contribution is -2.55. The van der Waals surface area contributed by atoms with Crippen LogP contribution in [0.1, 0.15) is 52.4 Å². The number of hydrogen-bond donors (Lipinski definition) is 0. The Bertz CT molecular complexity index is 556. The van der Waals surface area contributed by atoms with E-state index >= 15 is 0 Å². The first-order valence-electron chi connectivity index (χ1n) is 8.05. The van der Waals surface area contributed by atoms with Crippen molar-refractivity contribution in [1.82, 2.24) is 0 Å². The summed E-state index contributed by atoms with van der Waals surface area (Å²) in [5, 5.41) is 0. The van der Waals surface area contributed by atoms with Gasteiger partial charge in [-0.25, -0.2) is 0 Å². The van der Waals surface area contributed by atoms with E-state index in [1.807, 2.05) is 18.2 Å². The molecule has 1 unspecified atom stereocenters. The van der Waals surface area contributed by atoms with Crippen LogP contribution in [0, 0.1) is 5.41 Å².